The average molecular weight is 180 g/mol. The highest BCUT2D eigenvalue weighted by Crippen LogP contribution is 2.14. The topological polar surface area (TPSA) is 15.3 Å². The molecule has 0 aliphatic carbocycles. The lowest BCUT2D eigenvalue weighted by Crippen LogP contribution is -2.26. The first-order valence-electron chi connectivity index (χ1n) is 5.19. The van der Waals surface area contributed by atoms with Crippen molar-refractivity contribution in [1.82, 2.24) is 10.2 Å². The maximum Gasteiger partial charge on any atom is 0.0576 e. The fraction of sp³-hybridized carbons (Fsp3) is 0.818. The Bertz CT molecular complexity index is 190. The molecule has 1 saturated heterocycles. The van der Waals surface area contributed by atoms with Crippen molar-refractivity contribution >= 4 is 0 Å². The molecule has 13 heavy (non-hydrogen) atoms. The fourth-order valence-electron chi connectivity index (χ4n) is 1.79. The predicted molar refractivity (Wildman–Crippen MR) is 56.5 cm³/mol. The summed E-state index contributed by atoms with van der Waals surface area (Å²) in [7, 11) is 0. The van der Waals surface area contributed by atoms with Crippen molar-refractivity contribution in [2.24, 2.45) is 5.92 Å². The fourth-order valence-corrected chi connectivity index (χ4v) is 1.79. The molecular weight excluding hydrogens is 160 g/mol. The summed E-state index contributed by atoms with van der Waals surface area (Å²) in [6.45, 7) is 9.84. The molecule has 2 nitrogen and oxygen atoms in total. The Labute approximate surface area is 81.7 Å². The van der Waals surface area contributed by atoms with Gasteiger partial charge < -0.3 is 10.2 Å². The number of hydrogen-bond donors (Lipinski definition) is 1. The summed E-state index contributed by atoms with van der Waals surface area (Å²) in [6.07, 6.45) is 1.35. The number of nitrogens with zero attached hydrogens (tertiary/aromatic N) is 1. The minimum Gasteiger partial charge on any atom is -0.306 e. The highest BCUT2D eigenvalue weighted by atomic mass is 15.1. The molecule has 1 unspecified atom stereocenters. The maximum atomic E-state index is 3.37. The normalized spacial score (nSPS) is 22.8. The van der Waals surface area contributed by atoms with Crippen molar-refractivity contribution in [2.45, 2.75) is 20.3 Å². The van der Waals surface area contributed by atoms with E-state index in [1.807, 2.05) is 6.92 Å². The van der Waals surface area contributed by atoms with E-state index >= 15 is 0 Å². The second-order valence-electron chi connectivity index (χ2n) is 3.61. The number of hydrogen-bond acceptors (Lipinski definition) is 2. The molecule has 0 spiro atoms. The predicted octanol–water partition coefficient (Wildman–Crippen LogP) is 0.941. The lowest BCUT2D eigenvalue weighted by Gasteiger charge is -2.12. The van der Waals surface area contributed by atoms with E-state index in [0.717, 1.165) is 19.0 Å². The summed E-state index contributed by atoms with van der Waals surface area (Å²) in [5, 5.41) is 3.37. The van der Waals surface area contributed by atoms with Crippen LogP contribution in [0.1, 0.15) is 20.3 Å². The third-order valence-corrected chi connectivity index (χ3v) is 2.64. The van der Waals surface area contributed by atoms with E-state index in [1.165, 1.54) is 26.1 Å². The molecule has 74 valence electrons. The van der Waals surface area contributed by atoms with Crippen molar-refractivity contribution in [3.05, 3.63) is 0 Å². The van der Waals surface area contributed by atoms with Gasteiger partial charge in [-0.25, -0.2) is 0 Å². The molecule has 0 saturated carbocycles. The third-order valence-electron chi connectivity index (χ3n) is 2.64. The van der Waals surface area contributed by atoms with E-state index < -0.39 is 0 Å². The molecule has 0 radical (unpaired) electrons. The van der Waals surface area contributed by atoms with Gasteiger partial charge >= 0.3 is 0 Å². The molecule has 0 bridgehead atoms. The zero-order valence-electron chi connectivity index (χ0n) is 8.77. The molecule has 0 aromatic heterocycles. The van der Waals surface area contributed by atoms with Gasteiger partial charge in [-0.1, -0.05) is 12.8 Å². The average Bonchev–Trinajstić information content (AvgIpc) is 2.60. The summed E-state index contributed by atoms with van der Waals surface area (Å²) < 4.78 is 0. The van der Waals surface area contributed by atoms with Crippen molar-refractivity contribution in [3.63, 3.8) is 0 Å². The van der Waals surface area contributed by atoms with E-state index in [0.29, 0.717) is 0 Å². The molecular formula is C11H20N2. The van der Waals surface area contributed by atoms with Crippen molar-refractivity contribution < 1.29 is 0 Å². The second-order valence-corrected chi connectivity index (χ2v) is 3.61. The second kappa shape index (κ2) is 6.01. The highest BCUT2D eigenvalue weighted by Gasteiger charge is 2.19. The van der Waals surface area contributed by atoms with Gasteiger partial charge in [0.15, 0.2) is 0 Å². The Morgan fingerprint density at radius 2 is 2.38 bits per heavy atom. The van der Waals surface area contributed by atoms with Gasteiger partial charge in [-0.15, -0.1) is 5.92 Å². The monoisotopic (exact) mass is 180 g/mol. The molecule has 2 heteroatoms. The first kappa shape index (κ1) is 10.6. The van der Waals surface area contributed by atoms with E-state index in [1.54, 1.807) is 0 Å². The van der Waals surface area contributed by atoms with Crippen LogP contribution in [0.25, 0.3) is 0 Å². The maximum absolute atomic E-state index is 3.37. The van der Waals surface area contributed by atoms with Crippen molar-refractivity contribution in [2.75, 3.05) is 32.7 Å². The SMILES string of the molecule is CC#CCNCC1CCN(CC)C1. The van der Waals surface area contributed by atoms with Crippen LogP contribution in [-0.4, -0.2) is 37.6 Å². The van der Waals surface area contributed by atoms with E-state index in [2.05, 4.69) is 29.0 Å². The van der Waals surface area contributed by atoms with Gasteiger partial charge in [-0.2, -0.15) is 0 Å². The molecule has 0 amide bonds. The lowest BCUT2D eigenvalue weighted by atomic mass is 10.1. The zero-order chi connectivity index (χ0) is 9.52. The van der Waals surface area contributed by atoms with E-state index in [9.17, 15) is 0 Å². The van der Waals surface area contributed by atoms with Crippen LogP contribution in [0.3, 0.4) is 0 Å². The van der Waals surface area contributed by atoms with E-state index in [-0.39, 0.29) is 0 Å². The molecule has 1 aliphatic heterocycles. The van der Waals surface area contributed by atoms with Crippen LogP contribution in [0.4, 0.5) is 0 Å². The molecule has 1 rings (SSSR count). The summed E-state index contributed by atoms with van der Waals surface area (Å²) in [4.78, 5) is 2.51. The largest absolute Gasteiger partial charge is 0.306 e. The van der Waals surface area contributed by atoms with Crippen molar-refractivity contribution in [3.8, 4) is 11.8 Å². The van der Waals surface area contributed by atoms with Crippen LogP contribution in [0, 0.1) is 17.8 Å². The Kier molecular flexibility index (Phi) is 4.88. The van der Waals surface area contributed by atoms with Gasteiger partial charge in [0, 0.05) is 13.1 Å². The van der Waals surface area contributed by atoms with Crippen LogP contribution in [-0.2, 0) is 0 Å². The zero-order valence-corrected chi connectivity index (χ0v) is 8.77. The summed E-state index contributed by atoms with van der Waals surface area (Å²) in [5.41, 5.74) is 0. The Balaban J connectivity index is 2.05. The van der Waals surface area contributed by atoms with Gasteiger partial charge in [-0.3, -0.25) is 0 Å². The van der Waals surface area contributed by atoms with Crippen molar-refractivity contribution in [1.29, 1.82) is 0 Å². The quantitative estimate of drug-likeness (QED) is 0.512. The molecule has 1 N–H and O–H groups in total. The van der Waals surface area contributed by atoms with Gasteiger partial charge in [0.05, 0.1) is 6.54 Å². The number of likely N-dealkylation sites (tertiary alicyclic amines) is 1. The van der Waals surface area contributed by atoms with Crippen LogP contribution < -0.4 is 5.32 Å². The van der Waals surface area contributed by atoms with Gasteiger partial charge in [-0.05, 0) is 32.4 Å². The van der Waals surface area contributed by atoms with Gasteiger partial charge in [0.1, 0.15) is 0 Å². The smallest absolute Gasteiger partial charge is 0.0576 e. The minimum atomic E-state index is 0.846. The minimum absolute atomic E-state index is 0.846. The van der Waals surface area contributed by atoms with E-state index in [4.69, 9.17) is 0 Å². The number of rotatable bonds is 4. The van der Waals surface area contributed by atoms with Crippen LogP contribution >= 0.6 is 0 Å². The standard InChI is InChI=1S/C11H20N2/c1-3-5-7-12-9-11-6-8-13(4-2)10-11/h11-12H,4,6-10H2,1-2H3. The summed E-state index contributed by atoms with van der Waals surface area (Å²) in [5.74, 6) is 6.76. The molecule has 0 aromatic carbocycles. The van der Waals surface area contributed by atoms with Crippen LogP contribution in [0.15, 0.2) is 0 Å². The molecule has 1 atom stereocenters. The Hall–Kier alpha value is -0.520. The Morgan fingerprint density at radius 3 is 3.00 bits per heavy atom. The highest BCUT2D eigenvalue weighted by molar-refractivity contribution is 4.97. The lowest BCUT2D eigenvalue weighted by molar-refractivity contribution is 0.340. The molecule has 1 heterocycles. The Morgan fingerprint density at radius 1 is 1.54 bits per heavy atom. The summed E-state index contributed by atoms with van der Waals surface area (Å²) in [6, 6.07) is 0. The number of nitrogens with one attached hydrogen (secondary N) is 1. The third kappa shape index (κ3) is 3.80. The summed E-state index contributed by atoms with van der Waals surface area (Å²) >= 11 is 0. The first-order chi connectivity index (χ1) is 6.36. The van der Waals surface area contributed by atoms with Crippen LogP contribution in [0.2, 0.25) is 0 Å². The molecule has 0 aromatic rings. The van der Waals surface area contributed by atoms with Crippen LogP contribution in [0.5, 0.6) is 0 Å². The molecule has 1 fully saturated rings. The molecule has 1 aliphatic rings. The van der Waals surface area contributed by atoms with Gasteiger partial charge in [0.25, 0.3) is 0 Å². The van der Waals surface area contributed by atoms with Gasteiger partial charge in [0.2, 0.25) is 0 Å². The first-order valence-corrected chi connectivity index (χ1v) is 5.19.